The number of carbonyl (C=O) groups excluding carboxylic acids is 3. The zero-order chi connectivity index (χ0) is 19.0. The number of hydrogen-bond acceptors (Lipinski definition) is 5. The number of rotatable bonds is 7. The number of ether oxygens (including phenoxy) is 2. The van der Waals surface area contributed by atoms with Crippen LogP contribution in [0.25, 0.3) is 0 Å². The third-order valence-corrected chi connectivity index (χ3v) is 6.16. The molecule has 1 saturated heterocycles. The summed E-state index contributed by atoms with van der Waals surface area (Å²) in [5.41, 5.74) is 1.08. The van der Waals surface area contributed by atoms with Crippen molar-refractivity contribution in [3.05, 3.63) is 29.8 Å². The molecule has 1 aromatic carbocycles. The first-order valence-corrected chi connectivity index (χ1v) is 9.87. The summed E-state index contributed by atoms with van der Waals surface area (Å²) in [6, 6.07) is 6.70. The molecule has 4 rings (SSSR count). The Morgan fingerprint density at radius 3 is 2.70 bits per heavy atom. The standard InChI is InChI=1S/C21H25NO5/c1-2-3-4-9-26-20(24)12-5-7-14(8-6-12)22-19(23)17-13-10-15-16(11-13)27-21(25)18(15)17/h5-8,13,15-18H,2-4,9-11H2,1H3,(H,22,23)/t13-,15+,16+,17-,18+/m1/s1. The Kier molecular flexibility index (Phi) is 4.89. The number of nitrogens with one attached hydrogen (secondary N) is 1. The Morgan fingerprint density at radius 1 is 1.19 bits per heavy atom. The van der Waals surface area contributed by atoms with Gasteiger partial charge in [0.1, 0.15) is 6.10 Å². The van der Waals surface area contributed by atoms with Crippen molar-refractivity contribution in [2.24, 2.45) is 23.7 Å². The maximum absolute atomic E-state index is 12.7. The first kappa shape index (κ1) is 18.0. The lowest BCUT2D eigenvalue weighted by Crippen LogP contribution is -2.35. The quantitative estimate of drug-likeness (QED) is 0.588. The third kappa shape index (κ3) is 3.33. The molecule has 0 unspecified atom stereocenters. The molecule has 2 saturated carbocycles. The Balaban J connectivity index is 1.34. The molecule has 2 bridgehead atoms. The number of anilines is 1. The van der Waals surface area contributed by atoms with Crippen LogP contribution in [0.3, 0.4) is 0 Å². The number of esters is 2. The van der Waals surface area contributed by atoms with Crippen LogP contribution in [0.1, 0.15) is 49.4 Å². The van der Waals surface area contributed by atoms with E-state index in [2.05, 4.69) is 12.2 Å². The van der Waals surface area contributed by atoms with E-state index in [0.717, 1.165) is 32.1 Å². The van der Waals surface area contributed by atoms with Gasteiger partial charge in [0.2, 0.25) is 5.91 Å². The van der Waals surface area contributed by atoms with Crippen molar-refractivity contribution in [1.29, 1.82) is 0 Å². The zero-order valence-corrected chi connectivity index (χ0v) is 15.5. The topological polar surface area (TPSA) is 81.7 Å². The molecule has 144 valence electrons. The van der Waals surface area contributed by atoms with E-state index >= 15 is 0 Å². The lowest BCUT2D eigenvalue weighted by Gasteiger charge is -2.23. The molecular weight excluding hydrogens is 346 g/mol. The van der Waals surface area contributed by atoms with Crippen molar-refractivity contribution in [2.45, 2.75) is 45.1 Å². The fourth-order valence-electron chi connectivity index (χ4n) is 4.88. The summed E-state index contributed by atoms with van der Waals surface area (Å²) >= 11 is 0. The largest absolute Gasteiger partial charge is 0.462 e. The number of amides is 1. The van der Waals surface area contributed by atoms with Crippen LogP contribution in [-0.4, -0.2) is 30.6 Å². The lowest BCUT2D eigenvalue weighted by atomic mass is 9.79. The Morgan fingerprint density at radius 2 is 1.96 bits per heavy atom. The maximum atomic E-state index is 12.7. The molecule has 1 aromatic rings. The number of benzene rings is 1. The second-order valence-electron chi connectivity index (χ2n) is 7.83. The molecular formula is C21H25NO5. The second kappa shape index (κ2) is 7.33. The van der Waals surface area contributed by atoms with E-state index in [-0.39, 0.29) is 47.6 Å². The summed E-state index contributed by atoms with van der Waals surface area (Å²) in [5.74, 6) is -0.838. The fraction of sp³-hybridized carbons (Fsp3) is 0.571. The summed E-state index contributed by atoms with van der Waals surface area (Å²) in [6.07, 6.45) is 4.71. The summed E-state index contributed by atoms with van der Waals surface area (Å²) < 4.78 is 10.6. The molecule has 1 heterocycles. The van der Waals surface area contributed by atoms with Gasteiger partial charge in [-0.05, 0) is 49.4 Å². The van der Waals surface area contributed by atoms with Crippen LogP contribution in [0.2, 0.25) is 0 Å². The fourth-order valence-corrected chi connectivity index (χ4v) is 4.88. The predicted octanol–water partition coefficient (Wildman–Crippen LogP) is 3.17. The number of hydrogen-bond donors (Lipinski definition) is 1. The van der Waals surface area contributed by atoms with Gasteiger partial charge in [-0.3, -0.25) is 9.59 Å². The molecule has 1 N–H and O–H groups in total. The average molecular weight is 371 g/mol. The minimum Gasteiger partial charge on any atom is -0.462 e. The van der Waals surface area contributed by atoms with E-state index in [4.69, 9.17) is 9.47 Å². The maximum Gasteiger partial charge on any atom is 0.338 e. The Labute approximate surface area is 158 Å². The van der Waals surface area contributed by atoms with E-state index in [1.807, 2.05) is 0 Å². The van der Waals surface area contributed by atoms with E-state index in [1.165, 1.54) is 0 Å². The second-order valence-corrected chi connectivity index (χ2v) is 7.83. The highest BCUT2D eigenvalue weighted by molar-refractivity contribution is 5.97. The van der Waals surface area contributed by atoms with E-state index < -0.39 is 0 Å². The van der Waals surface area contributed by atoms with E-state index in [0.29, 0.717) is 17.9 Å². The molecule has 6 heteroatoms. The molecule has 6 nitrogen and oxygen atoms in total. The van der Waals surface area contributed by atoms with Gasteiger partial charge in [0.15, 0.2) is 0 Å². The van der Waals surface area contributed by atoms with Gasteiger partial charge in [0.25, 0.3) is 0 Å². The van der Waals surface area contributed by atoms with Crippen molar-refractivity contribution in [2.75, 3.05) is 11.9 Å². The van der Waals surface area contributed by atoms with Gasteiger partial charge in [0.05, 0.1) is 24.0 Å². The summed E-state index contributed by atoms with van der Waals surface area (Å²) in [6.45, 7) is 2.52. The van der Waals surface area contributed by atoms with Gasteiger partial charge >= 0.3 is 11.9 Å². The summed E-state index contributed by atoms with van der Waals surface area (Å²) in [4.78, 5) is 36.8. The van der Waals surface area contributed by atoms with Crippen LogP contribution in [0, 0.1) is 23.7 Å². The third-order valence-electron chi connectivity index (χ3n) is 6.16. The van der Waals surface area contributed by atoms with Crippen LogP contribution in [0.4, 0.5) is 5.69 Å². The van der Waals surface area contributed by atoms with Gasteiger partial charge in [-0.25, -0.2) is 4.79 Å². The van der Waals surface area contributed by atoms with Crippen molar-refractivity contribution in [1.82, 2.24) is 0 Å². The van der Waals surface area contributed by atoms with Crippen LogP contribution in [-0.2, 0) is 19.1 Å². The molecule has 0 radical (unpaired) electrons. The Hall–Kier alpha value is -2.37. The van der Waals surface area contributed by atoms with Gasteiger partial charge in [-0.2, -0.15) is 0 Å². The minimum atomic E-state index is -0.350. The molecule has 1 amide bonds. The van der Waals surface area contributed by atoms with Crippen LogP contribution in [0.15, 0.2) is 24.3 Å². The van der Waals surface area contributed by atoms with Gasteiger partial charge < -0.3 is 14.8 Å². The monoisotopic (exact) mass is 371 g/mol. The first-order valence-electron chi connectivity index (χ1n) is 9.87. The minimum absolute atomic E-state index is 0.0270. The smallest absolute Gasteiger partial charge is 0.338 e. The molecule has 1 aliphatic heterocycles. The van der Waals surface area contributed by atoms with Gasteiger partial charge in [-0.1, -0.05) is 19.8 Å². The van der Waals surface area contributed by atoms with E-state index in [1.54, 1.807) is 24.3 Å². The molecule has 3 fully saturated rings. The van der Waals surface area contributed by atoms with Crippen LogP contribution in [0.5, 0.6) is 0 Å². The Bertz CT molecular complexity index is 741. The lowest BCUT2D eigenvalue weighted by molar-refractivity contribution is -0.145. The summed E-state index contributed by atoms with van der Waals surface area (Å²) in [7, 11) is 0. The normalized spacial score (nSPS) is 30.3. The molecule has 2 aliphatic carbocycles. The first-order chi connectivity index (χ1) is 13.1. The molecule has 0 aromatic heterocycles. The number of fused-ring (bicyclic) bond motifs is 1. The van der Waals surface area contributed by atoms with Crippen molar-refractivity contribution in [3.8, 4) is 0 Å². The highest BCUT2D eigenvalue weighted by Crippen LogP contribution is 2.57. The SMILES string of the molecule is CCCCCOC(=O)c1ccc(NC(=O)[C@@H]2[C@@H]3C[C@@H]4[C@@H]2C(=O)O[C@H]4C3)cc1. The predicted molar refractivity (Wildman–Crippen MR) is 98.0 cm³/mol. The van der Waals surface area contributed by atoms with E-state index in [9.17, 15) is 14.4 Å². The molecule has 3 aliphatic rings. The molecule has 5 atom stereocenters. The molecule has 27 heavy (non-hydrogen) atoms. The molecule has 0 spiro atoms. The number of unbranched alkanes of at least 4 members (excludes halogenated alkanes) is 2. The van der Waals surface area contributed by atoms with Crippen molar-refractivity contribution >= 4 is 23.5 Å². The zero-order valence-electron chi connectivity index (χ0n) is 15.5. The van der Waals surface area contributed by atoms with Crippen LogP contribution >= 0.6 is 0 Å². The van der Waals surface area contributed by atoms with Gasteiger partial charge in [-0.15, -0.1) is 0 Å². The van der Waals surface area contributed by atoms with Gasteiger partial charge in [0, 0.05) is 11.6 Å². The van der Waals surface area contributed by atoms with Crippen molar-refractivity contribution in [3.63, 3.8) is 0 Å². The van der Waals surface area contributed by atoms with Crippen LogP contribution < -0.4 is 5.32 Å². The summed E-state index contributed by atoms with van der Waals surface area (Å²) in [5, 5.41) is 2.90. The average Bonchev–Trinajstić information content (AvgIpc) is 3.28. The number of carbonyl (C=O) groups is 3. The van der Waals surface area contributed by atoms with Crippen molar-refractivity contribution < 1.29 is 23.9 Å². The highest BCUT2D eigenvalue weighted by Gasteiger charge is 2.63. The highest BCUT2D eigenvalue weighted by atomic mass is 16.6.